The van der Waals surface area contributed by atoms with E-state index < -0.39 is 28.3 Å². The summed E-state index contributed by atoms with van der Waals surface area (Å²) >= 11 is 6.87. The Balaban J connectivity index is 0.000000142. The number of imidazole rings is 2. The van der Waals surface area contributed by atoms with Crippen molar-refractivity contribution in [2.75, 3.05) is 27.3 Å². The molecule has 406 valence electrons. The lowest BCUT2D eigenvalue weighted by Crippen LogP contribution is -2.55. The summed E-state index contributed by atoms with van der Waals surface area (Å²) in [6, 6.07) is 12.1. The molecule has 3 aromatic heterocycles. The van der Waals surface area contributed by atoms with E-state index in [-0.39, 0.29) is 16.8 Å². The van der Waals surface area contributed by atoms with Crippen LogP contribution >= 0.6 is 39.0 Å². The number of hydrogen-bond donors (Lipinski definition) is 4. The molecule has 2 aromatic carbocycles. The topological polar surface area (TPSA) is 228 Å². The molecule has 76 heavy (non-hydrogen) atoms. The fourth-order valence-corrected chi connectivity index (χ4v) is 12.5. The highest BCUT2D eigenvalue weighted by Crippen LogP contribution is 2.56. The van der Waals surface area contributed by atoms with Crippen LogP contribution in [-0.4, -0.2) is 125 Å². The molecule has 0 saturated carbocycles. The Morgan fingerprint density at radius 1 is 0.750 bits per heavy atom. The Morgan fingerprint density at radius 2 is 1.29 bits per heavy atom. The van der Waals surface area contributed by atoms with E-state index in [4.69, 9.17) is 68.1 Å². The first-order valence-corrected chi connectivity index (χ1v) is 27.8. The highest BCUT2D eigenvalue weighted by atomic mass is 79.9. The number of thiazole rings is 1. The van der Waals surface area contributed by atoms with E-state index >= 15 is 0 Å². The Labute approximate surface area is 462 Å². The number of benzene rings is 2. The minimum absolute atomic E-state index is 0.244. The van der Waals surface area contributed by atoms with Crippen LogP contribution in [0.5, 0.6) is 11.5 Å². The zero-order valence-corrected chi connectivity index (χ0v) is 48.0. The number of nitrogens with two attached hydrogens (primary N) is 2. The fourth-order valence-electron chi connectivity index (χ4n) is 10.3. The van der Waals surface area contributed by atoms with E-state index in [2.05, 4.69) is 75.3 Å². The van der Waals surface area contributed by atoms with Crippen molar-refractivity contribution in [3.05, 3.63) is 107 Å². The number of ether oxygens (including phenoxy) is 4. The number of aromatic nitrogens is 5. The third-order valence-electron chi connectivity index (χ3n) is 14.6. The second-order valence-corrected chi connectivity index (χ2v) is 25.6. The number of rotatable bonds is 4. The molecule has 12 rings (SSSR count). The molecule has 2 radical (unpaired) electrons. The Kier molecular flexibility index (Phi) is 15.2. The summed E-state index contributed by atoms with van der Waals surface area (Å²) in [5.74, 6) is 2.31. The van der Waals surface area contributed by atoms with E-state index in [0.29, 0.717) is 43.3 Å². The summed E-state index contributed by atoms with van der Waals surface area (Å²) in [5, 5.41) is 24.6. The largest absolute Gasteiger partial charge is 0.486 e. The van der Waals surface area contributed by atoms with E-state index in [1.807, 2.05) is 59.2 Å². The van der Waals surface area contributed by atoms with Crippen molar-refractivity contribution in [2.45, 2.75) is 151 Å². The molecule has 5 atom stereocenters. The first kappa shape index (κ1) is 55.8. The standard InChI is InChI=1S/C23H26N6O3S.C17H22BrN3O3.C7H7BN2S.C6H14O2/c1-21(2)12-22(6-9-30-21)13-23(27-19(24)28(3)32-23)16-10-15(4-5-17(16)31-22)18-11-26-20(33-18)29-8-7-25-14-29;1-15(2)9-16(6-7-22-15)10-17(20-14(19)21(3)24-17)12-8-11(18)4-5-13(12)23-16;8-6-3-7(11-4-6)10-2-1-9-5-10;1-5(2,7)6(3,4)8/h4-5,7-8,10-11,14H,6,9,12-13H2,1-3H3,(H2,24,27);4-5,8H,6-7,9-10H2,1-3H3,(H2,19,20);1-2,4-5,7H,3H2;7-8H,1-4H3. The molecule has 0 bridgehead atoms. The van der Waals surface area contributed by atoms with Gasteiger partial charge in [-0.3, -0.25) is 4.57 Å². The van der Waals surface area contributed by atoms with Crippen LogP contribution in [0.3, 0.4) is 0 Å². The molecule has 7 aliphatic rings. The van der Waals surface area contributed by atoms with Crippen molar-refractivity contribution in [3.8, 4) is 27.1 Å². The number of thioether (sulfide) groups is 1. The molecule has 23 heteroatoms. The van der Waals surface area contributed by atoms with Crippen LogP contribution in [0.1, 0.15) is 117 Å². The van der Waals surface area contributed by atoms with Crippen molar-refractivity contribution in [1.29, 1.82) is 0 Å². The summed E-state index contributed by atoms with van der Waals surface area (Å²) in [5.41, 5.74) is 10.8. The predicted octanol–water partition coefficient (Wildman–Crippen LogP) is 8.41. The van der Waals surface area contributed by atoms with Gasteiger partial charge in [0.15, 0.2) is 5.13 Å². The molecule has 5 aromatic rings. The lowest BCUT2D eigenvalue weighted by atomic mass is 9.75. The van der Waals surface area contributed by atoms with Crippen LogP contribution in [0.25, 0.3) is 15.6 Å². The lowest BCUT2D eigenvalue weighted by molar-refractivity contribution is -0.225. The van der Waals surface area contributed by atoms with Crippen LogP contribution in [-0.2, 0) is 30.6 Å². The van der Waals surface area contributed by atoms with Crippen molar-refractivity contribution in [2.24, 2.45) is 21.5 Å². The van der Waals surface area contributed by atoms with Crippen molar-refractivity contribution in [3.63, 3.8) is 0 Å². The van der Waals surface area contributed by atoms with Gasteiger partial charge in [-0.15, -0.1) is 17.2 Å². The number of guanidine groups is 2. The van der Waals surface area contributed by atoms with Crippen LogP contribution in [0.4, 0.5) is 0 Å². The SMILES string of the molecule is CC(C)(O)C(C)(C)O.CN1OC2(CC3(CCOC(C)(C)C3)Oc3ccc(-c4cnc(-n5ccnc5)s4)cc32)N=C1N.CN1OC2(CC3(CCOC(C)(C)C3)Oc3ccc(Br)cc32)N=C1N.[B]C1=CSC(n2ccnc2)C1. The van der Waals surface area contributed by atoms with Crippen LogP contribution in [0.2, 0.25) is 0 Å². The maximum absolute atomic E-state index is 9.10. The monoisotopic (exact) mass is 1140 g/mol. The smallest absolute Gasteiger partial charge is 0.222 e. The second-order valence-electron chi connectivity index (χ2n) is 22.6. The van der Waals surface area contributed by atoms with Crippen molar-refractivity contribution >= 4 is 58.8 Å². The molecule has 6 N–H and O–H groups in total. The number of hydrogen-bond acceptors (Lipinski definition) is 19. The van der Waals surface area contributed by atoms with E-state index in [0.717, 1.165) is 80.2 Å². The molecule has 4 spiro atoms. The van der Waals surface area contributed by atoms with Gasteiger partial charge in [-0.25, -0.2) is 44.7 Å². The summed E-state index contributed by atoms with van der Waals surface area (Å²) in [6.45, 7) is 16.0. The molecule has 5 unspecified atom stereocenters. The lowest BCUT2D eigenvalue weighted by Gasteiger charge is -2.50. The maximum atomic E-state index is 9.10. The number of nitrogens with zero attached hydrogens (tertiary/aromatic N) is 9. The average molecular weight is 1140 g/mol. The summed E-state index contributed by atoms with van der Waals surface area (Å²) < 4.78 is 30.0. The molecule has 2 fully saturated rings. The molecular formula is C53H69BBrN11O8S2. The van der Waals surface area contributed by atoms with E-state index in [1.165, 1.54) is 5.06 Å². The maximum Gasteiger partial charge on any atom is 0.222 e. The Hall–Kier alpha value is -4.98. The molecule has 0 amide bonds. The number of allylic oxidation sites excluding steroid dienone is 1. The van der Waals surface area contributed by atoms with Gasteiger partial charge in [0.05, 0.1) is 63.3 Å². The van der Waals surface area contributed by atoms with Crippen molar-refractivity contribution < 1.29 is 38.8 Å². The van der Waals surface area contributed by atoms with Gasteiger partial charge in [-0.05, 0) is 109 Å². The number of halogens is 1. The normalized spacial score (nSPS) is 27.9. The molecule has 7 aliphatic heterocycles. The molecule has 10 heterocycles. The molecule has 2 saturated heterocycles. The molecule has 0 aliphatic carbocycles. The van der Waals surface area contributed by atoms with E-state index in [9.17, 15) is 0 Å². The zero-order valence-electron chi connectivity index (χ0n) is 44.8. The van der Waals surface area contributed by atoms with Gasteiger partial charge < -0.3 is 45.2 Å². The quantitative estimate of drug-likeness (QED) is 0.124. The van der Waals surface area contributed by atoms with Gasteiger partial charge in [0.25, 0.3) is 0 Å². The highest BCUT2D eigenvalue weighted by Gasteiger charge is 2.59. The minimum Gasteiger partial charge on any atom is -0.486 e. The van der Waals surface area contributed by atoms with Gasteiger partial charge in [0, 0.05) is 88.1 Å². The minimum atomic E-state index is -1.01. The zero-order chi connectivity index (χ0) is 54.7. The molecule has 19 nitrogen and oxygen atoms in total. The van der Waals surface area contributed by atoms with Crippen LogP contribution in [0, 0.1) is 0 Å². The number of aliphatic hydroxyl groups is 2. The van der Waals surface area contributed by atoms with Gasteiger partial charge in [0.2, 0.25) is 23.4 Å². The van der Waals surface area contributed by atoms with E-state index in [1.54, 1.807) is 88.7 Å². The average Bonchev–Trinajstić information content (AvgIpc) is 4.27. The second kappa shape index (κ2) is 20.7. The van der Waals surface area contributed by atoms with Crippen LogP contribution < -0.4 is 20.9 Å². The predicted molar refractivity (Wildman–Crippen MR) is 297 cm³/mol. The fraction of sp³-hybridized carbons (Fsp3) is 0.528. The number of fused-ring (bicyclic) bond motifs is 4. The first-order valence-electron chi connectivity index (χ1n) is 25.2. The summed E-state index contributed by atoms with van der Waals surface area (Å²) in [7, 11) is 9.20. The third-order valence-corrected chi connectivity index (χ3v) is 17.3. The number of aliphatic imine (C=N–C) groups is 2. The van der Waals surface area contributed by atoms with Gasteiger partial charge >= 0.3 is 0 Å². The Morgan fingerprint density at radius 3 is 1.75 bits per heavy atom. The summed E-state index contributed by atoms with van der Waals surface area (Å²) in [4.78, 5) is 35.7. The van der Waals surface area contributed by atoms with Gasteiger partial charge in [-0.2, -0.15) is 0 Å². The first-order chi connectivity index (χ1) is 35.6. The van der Waals surface area contributed by atoms with Gasteiger partial charge in [-0.1, -0.05) is 27.3 Å². The number of hydroxylamine groups is 4. The third kappa shape index (κ3) is 11.9. The summed E-state index contributed by atoms with van der Waals surface area (Å²) in [6.07, 6.45) is 18.0. The van der Waals surface area contributed by atoms with Crippen molar-refractivity contribution in [1.82, 2.24) is 34.2 Å². The highest BCUT2D eigenvalue weighted by molar-refractivity contribution is 9.10. The van der Waals surface area contributed by atoms with Crippen LogP contribution in [0.15, 0.2) is 105 Å². The Bertz CT molecular complexity index is 2970. The van der Waals surface area contributed by atoms with Gasteiger partial charge in [0.1, 0.15) is 36.9 Å². The molecular weight excluding hydrogens is 1070 g/mol.